The number of hydrogen-bond donors (Lipinski definition) is 1. The van der Waals surface area contributed by atoms with Gasteiger partial charge in [-0.05, 0) is 25.7 Å². The molecule has 0 atom stereocenters. The Balaban J connectivity index is 2.48. The van der Waals surface area contributed by atoms with E-state index in [4.69, 9.17) is 18.0 Å². The van der Waals surface area contributed by atoms with Gasteiger partial charge in [0.05, 0.1) is 4.99 Å². The van der Waals surface area contributed by atoms with Gasteiger partial charge in [-0.25, -0.2) is 0 Å². The van der Waals surface area contributed by atoms with Crippen LogP contribution in [0.4, 0.5) is 0 Å². The molecular weight excluding hydrogens is 248 g/mol. The molecule has 0 bridgehead atoms. The third-order valence-electron chi connectivity index (χ3n) is 3.48. The Bertz CT molecular complexity index is 335. The van der Waals surface area contributed by atoms with E-state index in [9.17, 15) is 9.59 Å². The molecule has 1 rings (SSSR count). The van der Waals surface area contributed by atoms with Crippen LogP contribution in [0, 0.1) is 5.41 Å². The molecule has 0 aliphatic carbocycles. The molecule has 1 aliphatic heterocycles. The zero-order chi connectivity index (χ0) is 13.8. The molecule has 0 radical (unpaired) electrons. The van der Waals surface area contributed by atoms with Gasteiger partial charge >= 0.3 is 0 Å². The van der Waals surface area contributed by atoms with E-state index in [-0.39, 0.29) is 17.2 Å². The Morgan fingerprint density at radius 3 is 2.22 bits per heavy atom. The van der Waals surface area contributed by atoms with Gasteiger partial charge < -0.3 is 5.73 Å². The van der Waals surface area contributed by atoms with Gasteiger partial charge in [0.15, 0.2) is 0 Å². The summed E-state index contributed by atoms with van der Waals surface area (Å²) < 4.78 is 0. The van der Waals surface area contributed by atoms with Crippen molar-refractivity contribution in [1.29, 1.82) is 0 Å². The molecule has 2 N–H and O–H groups in total. The van der Waals surface area contributed by atoms with Crippen LogP contribution in [0.3, 0.4) is 0 Å². The number of rotatable bonds is 5. The normalized spacial score (nSPS) is 17.8. The Kier molecular flexibility index (Phi) is 5.26. The lowest BCUT2D eigenvalue weighted by Crippen LogP contribution is -2.37. The quantitative estimate of drug-likeness (QED) is 0.613. The second-order valence-corrected chi connectivity index (χ2v) is 5.94. The monoisotopic (exact) mass is 270 g/mol. The highest BCUT2D eigenvalue weighted by molar-refractivity contribution is 7.80. The van der Waals surface area contributed by atoms with Crippen molar-refractivity contribution in [2.75, 3.05) is 6.54 Å². The number of imide groups is 1. The Hall–Kier alpha value is -0.970. The van der Waals surface area contributed by atoms with Gasteiger partial charge in [0, 0.05) is 24.8 Å². The van der Waals surface area contributed by atoms with Crippen LogP contribution in [0.2, 0.25) is 0 Å². The average Bonchev–Trinajstić information content (AvgIpc) is 2.43. The topological polar surface area (TPSA) is 63.4 Å². The molecule has 1 heterocycles. The van der Waals surface area contributed by atoms with E-state index in [1.165, 1.54) is 4.90 Å². The predicted octanol–water partition coefficient (Wildman–Crippen LogP) is 2.01. The summed E-state index contributed by atoms with van der Waals surface area (Å²) in [6.45, 7) is 4.46. The molecule has 0 saturated carbocycles. The first kappa shape index (κ1) is 15.1. The molecule has 0 aromatic rings. The second kappa shape index (κ2) is 6.27. The molecule has 4 nitrogen and oxygen atoms in total. The van der Waals surface area contributed by atoms with Crippen molar-refractivity contribution < 1.29 is 9.59 Å². The van der Waals surface area contributed by atoms with Crippen LogP contribution in [0.5, 0.6) is 0 Å². The minimum Gasteiger partial charge on any atom is -0.393 e. The number of nitrogens with zero attached hydrogens (tertiary/aromatic N) is 1. The zero-order valence-corrected chi connectivity index (χ0v) is 12.0. The highest BCUT2D eigenvalue weighted by Crippen LogP contribution is 2.23. The SMILES string of the molecule is CC(C)(CCCN1C(=O)CCCCC1=O)C(N)=S. The van der Waals surface area contributed by atoms with Gasteiger partial charge in [-0.2, -0.15) is 0 Å². The lowest BCUT2D eigenvalue weighted by molar-refractivity contribution is -0.143. The van der Waals surface area contributed by atoms with E-state index in [0.717, 1.165) is 25.7 Å². The van der Waals surface area contributed by atoms with Crippen molar-refractivity contribution in [3.8, 4) is 0 Å². The van der Waals surface area contributed by atoms with Crippen molar-refractivity contribution in [3.05, 3.63) is 0 Å². The van der Waals surface area contributed by atoms with Crippen molar-refractivity contribution in [3.63, 3.8) is 0 Å². The van der Waals surface area contributed by atoms with Gasteiger partial charge in [-0.3, -0.25) is 14.5 Å². The van der Waals surface area contributed by atoms with Gasteiger partial charge in [0.2, 0.25) is 11.8 Å². The third kappa shape index (κ3) is 4.05. The van der Waals surface area contributed by atoms with Crippen LogP contribution in [-0.4, -0.2) is 28.2 Å². The number of nitrogens with two attached hydrogens (primary N) is 1. The minimum absolute atomic E-state index is 0.0365. The first-order valence-corrected chi connectivity index (χ1v) is 6.88. The van der Waals surface area contributed by atoms with Gasteiger partial charge in [-0.15, -0.1) is 0 Å². The van der Waals surface area contributed by atoms with Crippen LogP contribution in [-0.2, 0) is 9.59 Å². The smallest absolute Gasteiger partial charge is 0.229 e. The summed E-state index contributed by atoms with van der Waals surface area (Å²) in [5.41, 5.74) is 5.44. The van der Waals surface area contributed by atoms with Crippen molar-refractivity contribution in [1.82, 2.24) is 4.90 Å². The Morgan fingerprint density at radius 1 is 1.28 bits per heavy atom. The van der Waals surface area contributed by atoms with E-state index in [2.05, 4.69) is 0 Å². The fraction of sp³-hybridized carbons (Fsp3) is 0.769. The molecule has 0 spiro atoms. The van der Waals surface area contributed by atoms with Crippen molar-refractivity contribution in [2.45, 2.75) is 52.4 Å². The highest BCUT2D eigenvalue weighted by Gasteiger charge is 2.25. The number of likely N-dealkylation sites (tertiary alicyclic amines) is 1. The van der Waals surface area contributed by atoms with Gasteiger partial charge in [0.1, 0.15) is 0 Å². The fourth-order valence-corrected chi connectivity index (χ4v) is 2.12. The van der Waals surface area contributed by atoms with E-state index in [1.54, 1.807) is 0 Å². The zero-order valence-electron chi connectivity index (χ0n) is 11.2. The van der Waals surface area contributed by atoms with E-state index in [1.807, 2.05) is 13.8 Å². The Morgan fingerprint density at radius 2 is 1.78 bits per heavy atom. The van der Waals surface area contributed by atoms with Crippen LogP contribution in [0.25, 0.3) is 0 Å². The lowest BCUT2D eigenvalue weighted by atomic mass is 9.88. The summed E-state index contributed by atoms with van der Waals surface area (Å²) in [7, 11) is 0. The summed E-state index contributed by atoms with van der Waals surface area (Å²) in [5, 5.41) is 0. The first-order valence-electron chi connectivity index (χ1n) is 6.48. The minimum atomic E-state index is -0.215. The summed E-state index contributed by atoms with van der Waals surface area (Å²) in [5.74, 6) is -0.0729. The molecular formula is C13H22N2O2S. The first-order chi connectivity index (χ1) is 8.34. The Labute approximate surface area is 114 Å². The molecule has 0 unspecified atom stereocenters. The van der Waals surface area contributed by atoms with Crippen LogP contribution >= 0.6 is 12.2 Å². The number of amides is 2. The predicted molar refractivity (Wildman–Crippen MR) is 75.0 cm³/mol. The molecule has 5 heteroatoms. The van der Waals surface area contributed by atoms with E-state index < -0.39 is 0 Å². The largest absolute Gasteiger partial charge is 0.393 e. The molecule has 18 heavy (non-hydrogen) atoms. The van der Waals surface area contributed by atoms with Crippen molar-refractivity contribution >= 4 is 29.0 Å². The second-order valence-electron chi connectivity index (χ2n) is 5.50. The maximum atomic E-state index is 11.8. The number of carbonyl (C=O) groups is 2. The standard InChI is InChI=1S/C13H22N2O2S/c1-13(2,12(14)18)8-5-9-15-10(16)6-3-4-7-11(15)17/h3-9H2,1-2H3,(H2,14,18). The summed E-state index contributed by atoms with van der Waals surface area (Å²) in [4.78, 5) is 25.4. The molecule has 102 valence electrons. The molecule has 2 amide bonds. The van der Waals surface area contributed by atoms with Crippen molar-refractivity contribution in [2.24, 2.45) is 11.1 Å². The number of hydrogen-bond acceptors (Lipinski definition) is 3. The molecule has 1 fully saturated rings. The molecule has 0 aromatic carbocycles. The van der Waals surface area contributed by atoms with E-state index >= 15 is 0 Å². The van der Waals surface area contributed by atoms with Gasteiger partial charge in [0.25, 0.3) is 0 Å². The van der Waals surface area contributed by atoms with E-state index in [0.29, 0.717) is 24.4 Å². The summed E-state index contributed by atoms with van der Waals surface area (Å²) in [6.07, 6.45) is 4.16. The molecule has 1 saturated heterocycles. The number of thiocarbonyl (C=S) groups is 1. The average molecular weight is 270 g/mol. The highest BCUT2D eigenvalue weighted by atomic mass is 32.1. The molecule has 1 aliphatic rings. The molecule has 0 aromatic heterocycles. The van der Waals surface area contributed by atoms with Crippen LogP contribution in [0.15, 0.2) is 0 Å². The van der Waals surface area contributed by atoms with Crippen LogP contribution in [0.1, 0.15) is 52.4 Å². The summed E-state index contributed by atoms with van der Waals surface area (Å²) in [6, 6.07) is 0. The lowest BCUT2D eigenvalue weighted by Gasteiger charge is -2.25. The maximum Gasteiger partial charge on any atom is 0.229 e. The summed E-state index contributed by atoms with van der Waals surface area (Å²) >= 11 is 5.00. The fourth-order valence-electron chi connectivity index (χ4n) is 2.01. The third-order valence-corrected chi connectivity index (χ3v) is 4.04. The number of carbonyl (C=O) groups excluding carboxylic acids is 2. The van der Waals surface area contributed by atoms with Gasteiger partial charge in [-0.1, -0.05) is 26.1 Å². The van der Waals surface area contributed by atoms with Crippen LogP contribution < -0.4 is 5.73 Å². The maximum absolute atomic E-state index is 11.8.